The minimum atomic E-state index is -1.34. The van der Waals surface area contributed by atoms with E-state index in [1.54, 1.807) is 0 Å². The number of aromatic nitrogens is 2. The number of rotatable bonds is 5. The van der Waals surface area contributed by atoms with E-state index in [1.807, 2.05) is 0 Å². The van der Waals surface area contributed by atoms with Crippen LogP contribution in [0.3, 0.4) is 0 Å². The van der Waals surface area contributed by atoms with Crippen LogP contribution in [0.1, 0.15) is 16.1 Å². The number of methoxy groups -OCH3 is 1. The lowest BCUT2D eigenvalue weighted by Gasteiger charge is -2.11. The zero-order valence-electron chi connectivity index (χ0n) is 8.74. The molecule has 0 unspecified atom stereocenters. The number of carboxylic acid groups (broad SMARTS) is 1. The summed E-state index contributed by atoms with van der Waals surface area (Å²) < 4.78 is 7.79. The summed E-state index contributed by atoms with van der Waals surface area (Å²) >= 11 is 0.827. The number of hydrogen-bond donors (Lipinski definition) is 2. The van der Waals surface area contributed by atoms with Gasteiger partial charge >= 0.3 is 11.9 Å². The zero-order valence-corrected chi connectivity index (χ0v) is 9.56. The summed E-state index contributed by atoms with van der Waals surface area (Å²) in [7, 11) is 1.14. The van der Waals surface area contributed by atoms with Crippen LogP contribution in [0.2, 0.25) is 0 Å². The Bertz CT molecular complexity index is 419. The fourth-order valence-corrected chi connectivity index (χ4v) is 1.37. The second-order valence-electron chi connectivity index (χ2n) is 2.93. The number of hydrogen-bond acceptors (Lipinski definition) is 7. The van der Waals surface area contributed by atoms with Gasteiger partial charge < -0.3 is 15.2 Å². The van der Waals surface area contributed by atoms with Gasteiger partial charge in [-0.1, -0.05) is 4.49 Å². The molecule has 0 bridgehead atoms. The van der Waals surface area contributed by atoms with E-state index in [-0.39, 0.29) is 4.88 Å². The summed E-state index contributed by atoms with van der Waals surface area (Å²) in [5.74, 6) is -2.68. The molecule has 9 heteroatoms. The van der Waals surface area contributed by atoms with E-state index in [0.29, 0.717) is 0 Å². The van der Waals surface area contributed by atoms with Gasteiger partial charge in [0.05, 0.1) is 19.7 Å². The molecule has 1 amide bonds. The molecule has 8 nitrogen and oxygen atoms in total. The summed E-state index contributed by atoms with van der Waals surface area (Å²) in [6.45, 7) is 0. The number of nitrogens with one attached hydrogen (secondary N) is 1. The maximum absolute atomic E-state index is 11.5. The van der Waals surface area contributed by atoms with E-state index >= 15 is 0 Å². The predicted octanol–water partition coefficient (Wildman–Crippen LogP) is -0.716. The lowest BCUT2D eigenvalue weighted by atomic mass is 10.2. The van der Waals surface area contributed by atoms with Crippen LogP contribution < -0.4 is 5.32 Å². The van der Waals surface area contributed by atoms with Crippen LogP contribution in [-0.4, -0.2) is 45.7 Å². The maximum Gasteiger partial charge on any atom is 0.326 e. The SMILES string of the molecule is COC(=O)C[C@H](NC(=O)c1cnns1)C(=O)O. The van der Waals surface area contributed by atoms with Crippen molar-refractivity contribution < 1.29 is 24.2 Å². The fourth-order valence-electron chi connectivity index (χ4n) is 0.947. The third-order valence-corrected chi connectivity index (χ3v) is 2.45. The molecular formula is C8H9N3O5S. The van der Waals surface area contributed by atoms with E-state index in [2.05, 4.69) is 19.6 Å². The molecule has 17 heavy (non-hydrogen) atoms. The van der Waals surface area contributed by atoms with Crippen LogP contribution in [-0.2, 0) is 14.3 Å². The number of esters is 1. The summed E-state index contributed by atoms with van der Waals surface area (Å²) in [5, 5.41) is 14.4. The predicted molar refractivity (Wildman–Crippen MR) is 55.4 cm³/mol. The first kappa shape index (κ1) is 13.0. The Morgan fingerprint density at radius 2 is 2.29 bits per heavy atom. The first-order valence-corrected chi connectivity index (χ1v) is 5.19. The van der Waals surface area contributed by atoms with E-state index in [9.17, 15) is 14.4 Å². The summed E-state index contributed by atoms with van der Waals surface area (Å²) in [6.07, 6.45) is 0.765. The third-order valence-electron chi connectivity index (χ3n) is 1.79. The highest BCUT2D eigenvalue weighted by atomic mass is 32.1. The molecule has 0 aromatic carbocycles. The van der Waals surface area contributed by atoms with Crippen molar-refractivity contribution >= 4 is 29.4 Å². The molecule has 0 saturated carbocycles. The van der Waals surface area contributed by atoms with Crippen molar-refractivity contribution in [3.8, 4) is 0 Å². The first-order valence-electron chi connectivity index (χ1n) is 4.42. The highest BCUT2D eigenvalue weighted by Crippen LogP contribution is 2.03. The number of carbonyl (C=O) groups excluding carboxylic acids is 2. The van der Waals surface area contributed by atoms with Crippen LogP contribution in [0, 0.1) is 0 Å². The number of nitrogens with zero attached hydrogens (tertiary/aromatic N) is 2. The highest BCUT2D eigenvalue weighted by Gasteiger charge is 2.24. The van der Waals surface area contributed by atoms with Crippen molar-refractivity contribution in [2.24, 2.45) is 0 Å². The molecule has 1 heterocycles. The number of aliphatic carboxylic acids is 1. The quantitative estimate of drug-likeness (QED) is 0.670. The molecule has 0 radical (unpaired) electrons. The second kappa shape index (κ2) is 5.89. The highest BCUT2D eigenvalue weighted by molar-refractivity contribution is 7.07. The second-order valence-corrected chi connectivity index (χ2v) is 3.71. The van der Waals surface area contributed by atoms with Gasteiger partial charge in [0.15, 0.2) is 0 Å². The van der Waals surface area contributed by atoms with Gasteiger partial charge in [0, 0.05) is 0 Å². The standard InChI is InChI=1S/C8H9N3O5S/c1-16-6(12)2-4(8(14)15)10-7(13)5-3-9-11-17-5/h3-4H,2H2,1H3,(H,10,13)(H,14,15)/t4-/m0/s1. The van der Waals surface area contributed by atoms with Gasteiger partial charge in [-0.15, -0.1) is 5.10 Å². The molecule has 0 saturated heterocycles. The normalized spacial score (nSPS) is 11.6. The Morgan fingerprint density at radius 1 is 1.59 bits per heavy atom. The lowest BCUT2D eigenvalue weighted by molar-refractivity contribution is -0.147. The number of carbonyl (C=O) groups is 3. The van der Waals surface area contributed by atoms with Crippen molar-refractivity contribution in [3.05, 3.63) is 11.1 Å². The van der Waals surface area contributed by atoms with E-state index in [0.717, 1.165) is 18.6 Å². The van der Waals surface area contributed by atoms with Gasteiger partial charge in [-0.2, -0.15) is 0 Å². The van der Waals surface area contributed by atoms with Gasteiger partial charge in [-0.25, -0.2) is 4.79 Å². The number of ether oxygens (including phenoxy) is 1. The molecule has 92 valence electrons. The molecule has 0 aliphatic carbocycles. The zero-order chi connectivity index (χ0) is 12.8. The molecular weight excluding hydrogens is 250 g/mol. The first-order chi connectivity index (χ1) is 8.04. The average molecular weight is 259 g/mol. The van der Waals surface area contributed by atoms with E-state index in [4.69, 9.17) is 5.11 Å². The minimum absolute atomic E-state index is 0.168. The molecule has 0 spiro atoms. The third kappa shape index (κ3) is 3.79. The maximum atomic E-state index is 11.5. The molecule has 0 aliphatic rings. The average Bonchev–Trinajstić information content (AvgIpc) is 2.81. The van der Waals surface area contributed by atoms with Crippen molar-refractivity contribution in [1.29, 1.82) is 0 Å². The van der Waals surface area contributed by atoms with E-state index < -0.39 is 30.3 Å². The fraction of sp³-hybridized carbons (Fsp3) is 0.375. The van der Waals surface area contributed by atoms with Crippen LogP contribution in [0.5, 0.6) is 0 Å². The number of carboxylic acids is 1. The topological polar surface area (TPSA) is 118 Å². The van der Waals surface area contributed by atoms with Crippen molar-refractivity contribution in [2.75, 3.05) is 7.11 Å². The Balaban J connectivity index is 2.64. The number of amides is 1. The minimum Gasteiger partial charge on any atom is -0.480 e. The largest absolute Gasteiger partial charge is 0.480 e. The van der Waals surface area contributed by atoms with E-state index in [1.165, 1.54) is 6.20 Å². The lowest BCUT2D eigenvalue weighted by Crippen LogP contribution is -2.42. The Labute approximate surface area is 99.8 Å². The van der Waals surface area contributed by atoms with Gasteiger partial charge in [0.25, 0.3) is 5.91 Å². The summed E-state index contributed by atoms with van der Waals surface area (Å²) in [5.41, 5.74) is 0. The van der Waals surface area contributed by atoms with Gasteiger partial charge in [-0.05, 0) is 11.5 Å². The van der Waals surface area contributed by atoms with Crippen LogP contribution in [0.15, 0.2) is 6.20 Å². The summed E-state index contributed by atoms with van der Waals surface area (Å²) in [6, 6.07) is -1.34. The molecule has 0 aliphatic heterocycles. The Kier molecular flexibility index (Phi) is 4.52. The van der Waals surface area contributed by atoms with Gasteiger partial charge in [0.1, 0.15) is 10.9 Å². The van der Waals surface area contributed by atoms with Crippen LogP contribution in [0.4, 0.5) is 0 Å². The van der Waals surface area contributed by atoms with Crippen molar-refractivity contribution in [2.45, 2.75) is 12.5 Å². The van der Waals surface area contributed by atoms with Gasteiger partial charge in [-0.3, -0.25) is 9.59 Å². The monoisotopic (exact) mass is 259 g/mol. The Morgan fingerprint density at radius 3 is 2.76 bits per heavy atom. The molecule has 1 aromatic rings. The molecule has 0 fully saturated rings. The molecule has 1 aromatic heterocycles. The molecule has 1 atom stereocenters. The van der Waals surface area contributed by atoms with Crippen LogP contribution in [0.25, 0.3) is 0 Å². The summed E-state index contributed by atoms with van der Waals surface area (Å²) in [4.78, 5) is 33.4. The molecule has 1 rings (SSSR count). The van der Waals surface area contributed by atoms with Crippen molar-refractivity contribution in [1.82, 2.24) is 14.9 Å². The Hall–Kier alpha value is -2.03. The van der Waals surface area contributed by atoms with Gasteiger partial charge in [0.2, 0.25) is 0 Å². The van der Waals surface area contributed by atoms with Crippen molar-refractivity contribution in [3.63, 3.8) is 0 Å². The van der Waals surface area contributed by atoms with Crippen LogP contribution >= 0.6 is 11.5 Å². The molecule has 2 N–H and O–H groups in total. The smallest absolute Gasteiger partial charge is 0.326 e.